The molecule has 0 bridgehead atoms. The van der Waals surface area contributed by atoms with Gasteiger partial charge >= 0.3 is 0 Å². The third-order valence-electron chi connectivity index (χ3n) is 2.70. The van der Waals surface area contributed by atoms with Gasteiger partial charge in [-0.1, -0.05) is 39.0 Å². The lowest BCUT2D eigenvalue weighted by Gasteiger charge is -2.16. The summed E-state index contributed by atoms with van der Waals surface area (Å²) in [5.41, 5.74) is 3.78. The van der Waals surface area contributed by atoms with E-state index in [1.54, 1.807) is 0 Å². The molecule has 0 radical (unpaired) electrons. The summed E-state index contributed by atoms with van der Waals surface area (Å²) in [7, 11) is 0. The Morgan fingerprint density at radius 3 is 2.25 bits per heavy atom. The van der Waals surface area contributed by atoms with Gasteiger partial charge in [-0.2, -0.15) is 0 Å². The number of carbonyl (C=O) groups excluding carboxylic acids is 1. The zero-order valence-corrected chi connectivity index (χ0v) is 11.1. The molecule has 0 fully saturated rings. The normalized spacial score (nSPS) is 11.6. The van der Waals surface area contributed by atoms with Gasteiger partial charge in [0.25, 0.3) is 0 Å². The number of aryl methyl sites for hydroxylation is 2. The first-order valence-electron chi connectivity index (χ1n) is 5.86. The van der Waals surface area contributed by atoms with Crippen molar-refractivity contribution in [3.63, 3.8) is 0 Å². The van der Waals surface area contributed by atoms with Crippen LogP contribution in [0.4, 0.5) is 0 Å². The molecule has 1 rings (SSSR count). The van der Waals surface area contributed by atoms with E-state index in [1.807, 2.05) is 0 Å². The molecule has 0 saturated carbocycles. The van der Waals surface area contributed by atoms with Gasteiger partial charge in [-0.25, -0.2) is 0 Å². The van der Waals surface area contributed by atoms with E-state index >= 15 is 0 Å². The topological polar surface area (TPSA) is 17.1 Å². The first-order valence-corrected chi connectivity index (χ1v) is 5.86. The van der Waals surface area contributed by atoms with Crippen molar-refractivity contribution in [2.45, 2.75) is 47.5 Å². The molecule has 0 heterocycles. The molecule has 0 aliphatic rings. The van der Waals surface area contributed by atoms with Crippen LogP contribution < -0.4 is 0 Å². The van der Waals surface area contributed by atoms with Gasteiger partial charge in [0.15, 0.2) is 0 Å². The fourth-order valence-corrected chi connectivity index (χ4v) is 1.80. The van der Waals surface area contributed by atoms with E-state index < -0.39 is 0 Å². The molecule has 0 amide bonds. The molecule has 0 aliphatic carbocycles. The second-order valence-corrected chi connectivity index (χ2v) is 5.87. The fraction of sp³-hybridized carbons (Fsp3) is 0.533. The molecule has 1 aromatic carbocycles. The number of benzene rings is 1. The van der Waals surface area contributed by atoms with Crippen molar-refractivity contribution < 1.29 is 4.79 Å². The largest absolute Gasteiger partial charge is 0.299 e. The Morgan fingerprint density at radius 1 is 1.12 bits per heavy atom. The standard InChI is InChI=1S/C15H22O/c1-11-6-7-13(8-12(11)2)9-14(16)10-15(3,4)5/h6-8H,9-10H2,1-5H3. The van der Waals surface area contributed by atoms with Crippen LogP contribution in [0.15, 0.2) is 18.2 Å². The highest BCUT2D eigenvalue weighted by atomic mass is 16.1. The predicted octanol–water partition coefficient (Wildman–Crippen LogP) is 3.85. The lowest BCUT2D eigenvalue weighted by atomic mass is 9.88. The van der Waals surface area contributed by atoms with Crippen molar-refractivity contribution in [2.24, 2.45) is 5.41 Å². The van der Waals surface area contributed by atoms with E-state index in [1.165, 1.54) is 11.1 Å². The second kappa shape index (κ2) is 4.82. The van der Waals surface area contributed by atoms with Crippen molar-refractivity contribution in [3.8, 4) is 0 Å². The van der Waals surface area contributed by atoms with Crippen molar-refractivity contribution >= 4 is 5.78 Å². The van der Waals surface area contributed by atoms with Gasteiger partial charge in [-0.15, -0.1) is 0 Å². The molecule has 1 heteroatoms. The molecule has 88 valence electrons. The van der Waals surface area contributed by atoms with Gasteiger partial charge in [0, 0.05) is 12.8 Å². The molecule has 0 saturated heterocycles. The molecule has 0 spiro atoms. The van der Waals surface area contributed by atoms with Gasteiger partial charge in [-0.05, 0) is 36.0 Å². The predicted molar refractivity (Wildman–Crippen MR) is 68.7 cm³/mol. The molecule has 0 aliphatic heterocycles. The number of rotatable bonds is 3. The number of hydrogen-bond donors (Lipinski definition) is 0. The lowest BCUT2D eigenvalue weighted by molar-refractivity contribution is -0.120. The summed E-state index contributed by atoms with van der Waals surface area (Å²) in [5.74, 6) is 0.329. The van der Waals surface area contributed by atoms with Crippen LogP contribution in [0.2, 0.25) is 0 Å². The van der Waals surface area contributed by atoms with Gasteiger partial charge in [-0.3, -0.25) is 4.79 Å². The molecular formula is C15H22O. The van der Waals surface area contributed by atoms with Crippen LogP contribution in [0.1, 0.15) is 43.9 Å². The average molecular weight is 218 g/mol. The summed E-state index contributed by atoms with van der Waals surface area (Å²) in [5, 5.41) is 0. The Hall–Kier alpha value is -1.11. The van der Waals surface area contributed by atoms with E-state index in [0.717, 1.165) is 5.56 Å². The summed E-state index contributed by atoms with van der Waals surface area (Å²) in [4.78, 5) is 11.8. The minimum Gasteiger partial charge on any atom is -0.299 e. The number of ketones is 1. The van der Waals surface area contributed by atoms with Gasteiger partial charge in [0.1, 0.15) is 5.78 Å². The third kappa shape index (κ3) is 4.18. The smallest absolute Gasteiger partial charge is 0.137 e. The number of hydrogen-bond acceptors (Lipinski definition) is 1. The molecule has 0 N–H and O–H groups in total. The minimum atomic E-state index is 0.0941. The molecular weight excluding hydrogens is 196 g/mol. The van der Waals surface area contributed by atoms with Gasteiger partial charge in [0.05, 0.1) is 0 Å². The third-order valence-corrected chi connectivity index (χ3v) is 2.70. The molecule has 0 unspecified atom stereocenters. The SMILES string of the molecule is Cc1ccc(CC(=O)CC(C)(C)C)cc1C. The Bertz CT molecular complexity index is 383. The second-order valence-electron chi connectivity index (χ2n) is 5.87. The van der Waals surface area contributed by atoms with Crippen LogP contribution in [0.25, 0.3) is 0 Å². The van der Waals surface area contributed by atoms with Crippen molar-refractivity contribution in [3.05, 3.63) is 34.9 Å². The highest BCUT2D eigenvalue weighted by Gasteiger charge is 2.16. The summed E-state index contributed by atoms with van der Waals surface area (Å²) in [6.45, 7) is 10.5. The van der Waals surface area contributed by atoms with Crippen molar-refractivity contribution in [1.29, 1.82) is 0 Å². The molecule has 16 heavy (non-hydrogen) atoms. The monoisotopic (exact) mass is 218 g/mol. The molecule has 0 atom stereocenters. The van der Waals surface area contributed by atoms with Gasteiger partial charge in [0.2, 0.25) is 0 Å². The first kappa shape index (κ1) is 13.0. The van der Waals surface area contributed by atoms with Crippen LogP contribution in [-0.4, -0.2) is 5.78 Å². The number of carbonyl (C=O) groups is 1. The summed E-state index contributed by atoms with van der Waals surface area (Å²) in [6.07, 6.45) is 1.22. The zero-order chi connectivity index (χ0) is 12.3. The fourth-order valence-electron chi connectivity index (χ4n) is 1.80. The van der Waals surface area contributed by atoms with E-state index in [-0.39, 0.29) is 5.41 Å². The minimum absolute atomic E-state index is 0.0941. The molecule has 0 aromatic heterocycles. The molecule has 1 nitrogen and oxygen atoms in total. The Balaban J connectivity index is 2.67. The first-order chi connectivity index (χ1) is 7.28. The maximum absolute atomic E-state index is 11.8. The van der Waals surface area contributed by atoms with Crippen LogP contribution in [0, 0.1) is 19.3 Å². The van der Waals surface area contributed by atoms with E-state index in [2.05, 4.69) is 52.8 Å². The summed E-state index contributed by atoms with van der Waals surface area (Å²) in [6, 6.07) is 6.27. The average Bonchev–Trinajstić information content (AvgIpc) is 2.08. The highest BCUT2D eigenvalue weighted by Crippen LogP contribution is 2.20. The van der Waals surface area contributed by atoms with Crippen LogP contribution >= 0.6 is 0 Å². The summed E-state index contributed by atoms with van der Waals surface area (Å²) < 4.78 is 0. The maximum atomic E-state index is 11.8. The van der Waals surface area contributed by atoms with Gasteiger partial charge < -0.3 is 0 Å². The van der Waals surface area contributed by atoms with Crippen molar-refractivity contribution in [1.82, 2.24) is 0 Å². The summed E-state index contributed by atoms with van der Waals surface area (Å²) >= 11 is 0. The van der Waals surface area contributed by atoms with Crippen LogP contribution in [0.5, 0.6) is 0 Å². The van der Waals surface area contributed by atoms with E-state index in [4.69, 9.17) is 0 Å². The maximum Gasteiger partial charge on any atom is 0.137 e. The molecule has 1 aromatic rings. The van der Waals surface area contributed by atoms with Crippen LogP contribution in [0.3, 0.4) is 0 Å². The Kier molecular flexibility index (Phi) is 3.90. The Morgan fingerprint density at radius 2 is 1.75 bits per heavy atom. The van der Waals surface area contributed by atoms with Crippen LogP contribution in [-0.2, 0) is 11.2 Å². The lowest BCUT2D eigenvalue weighted by Crippen LogP contribution is -2.14. The number of Topliss-reactive ketones (excluding diaryl/α,β-unsaturated/α-hetero) is 1. The van der Waals surface area contributed by atoms with E-state index in [0.29, 0.717) is 18.6 Å². The van der Waals surface area contributed by atoms with E-state index in [9.17, 15) is 4.79 Å². The Labute approximate surface area is 98.9 Å². The van der Waals surface area contributed by atoms with Crippen molar-refractivity contribution in [2.75, 3.05) is 0 Å². The zero-order valence-electron chi connectivity index (χ0n) is 11.1. The highest BCUT2D eigenvalue weighted by molar-refractivity contribution is 5.81. The quantitative estimate of drug-likeness (QED) is 0.753.